The molecule has 5 nitrogen and oxygen atoms in total. The van der Waals surface area contributed by atoms with Gasteiger partial charge in [0.05, 0.1) is 17.9 Å². The van der Waals surface area contributed by atoms with Gasteiger partial charge < -0.3 is 15.1 Å². The topological polar surface area (TPSA) is 77.8 Å². The van der Waals surface area contributed by atoms with Gasteiger partial charge in [-0.3, -0.25) is 9.59 Å². The molecule has 1 aliphatic rings. The summed E-state index contributed by atoms with van der Waals surface area (Å²) in [6.45, 7) is 4.13. The summed E-state index contributed by atoms with van der Waals surface area (Å²) in [5.74, 6) is -1.66. The number of carboxylic acid groups (broad SMARTS) is 1. The minimum atomic E-state index is -0.873. The minimum Gasteiger partial charge on any atom is -0.481 e. The molecule has 0 radical (unpaired) electrons. The second-order valence-corrected chi connectivity index (χ2v) is 5.53. The molecular formula is C13H23NO4. The molecule has 1 saturated carbocycles. The Hall–Kier alpha value is -1.10. The van der Waals surface area contributed by atoms with Gasteiger partial charge in [-0.25, -0.2) is 0 Å². The van der Waals surface area contributed by atoms with E-state index in [0.717, 1.165) is 0 Å². The molecule has 18 heavy (non-hydrogen) atoms. The van der Waals surface area contributed by atoms with Crippen molar-refractivity contribution in [1.29, 1.82) is 0 Å². The number of carboxylic acids is 1. The van der Waals surface area contributed by atoms with Crippen molar-refractivity contribution >= 4 is 11.9 Å². The number of amides is 1. The summed E-state index contributed by atoms with van der Waals surface area (Å²) < 4.78 is 0. The van der Waals surface area contributed by atoms with Crippen molar-refractivity contribution in [3.05, 3.63) is 0 Å². The van der Waals surface area contributed by atoms with E-state index in [1.165, 1.54) is 0 Å². The number of aliphatic hydroxyl groups is 1. The van der Waals surface area contributed by atoms with Crippen molar-refractivity contribution in [3.8, 4) is 0 Å². The van der Waals surface area contributed by atoms with Crippen LogP contribution in [0.15, 0.2) is 0 Å². The Balaban J connectivity index is 2.61. The summed E-state index contributed by atoms with van der Waals surface area (Å²) in [5, 5.41) is 18.3. The van der Waals surface area contributed by atoms with E-state index in [4.69, 9.17) is 5.11 Å². The van der Waals surface area contributed by atoms with Crippen LogP contribution in [-0.4, -0.2) is 46.7 Å². The second-order valence-electron chi connectivity index (χ2n) is 5.53. The highest BCUT2D eigenvalue weighted by atomic mass is 16.4. The van der Waals surface area contributed by atoms with Gasteiger partial charge in [0, 0.05) is 13.6 Å². The number of carbonyl (C=O) groups is 2. The van der Waals surface area contributed by atoms with E-state index < -0.39 is 23.9 Å². The van der Waals surface area contributed by atoms with Gasteiger partial charge in [-0.05, 0) is 32.1 Å². The van der Waals surface area contributed by atoms with Gasteiger partial charge in [0.15, 0.2) is 0 Å². The Morgan fingerprint density at radius 2 is 1.89 bits per heavy atom. The molecule has 0 aliphatic heterocycles. The van der Waals surface area contributed by atoms with Crippen LogP contribution in [0.2, 0.25) is 0 Å². The molecule has 0 aromatic carbocycles. The number of nitrogens with zero attached hydrogens (tertiary/aromatic N) is 1. The van der Waals surface area contributed by atoms with Gasteiger partial charge in [-0.1, -0.05) is 6.92 Å². The summed E-state index contributed by atoms with van der Waals surface area (Å²) in [4.78, 5) is 24.9. The number of aliphatic carboxylic acids is 1. The summed E-state index contributed by atoms with van der Waals surface area (Å²) in [5.41, 5.74) is 0. The molecule has 2 N–H and O–H groups in total. The van der Waals surface area contributed by atoms with Crippen LogP contribution >= 0.6 is 0 Å². The van der Waals surface area contributed by atoms with Crippen molar-refractivity contribution in [1.82, 2.24) is 4.90 Å². The lowest BCUT2D eigenvalue weighted by molar-refractivity contribution is -0.148. The summed E-state index contributed by atoms with van der Waals surface area (Å²) >= 11 is 0. The lowest BCUT2D eigenvalue weighted by Crippen LogP contribution is -2.38. The number of rotatable bonds is 5. The van der Waals surface area contributed by atoms with Crippen LogP contribution in [0.3, 0.4) is 0 Å². The van der Waals surface area contributed by atoms with E-state index in [1.807, 2.05) is 6.92 Å². The molecule has 1 amide bonds. The fourth-order valence-electron chi connectivity index (χ4n) is 2.61. The van der Waals surface area contributed by atoms with Crippen LogP contribution in [0, 0.1) is 17.8 Å². The minimum absolute atomic E-state index is 0.104. The first-order valence-corrected chi connectivity index (χ1v) is 6.48. The monoisotopic (exact) mass is 257 g/mol. The third-order valence-corrected chi connectivity index (χ3v) is 3.69. The summed E-state index contributed by atoms with van der Waals surface area (Å²) in [7, 11) is 1.67. The zero-order valence-electron chi connectivity index (χ0n) is 11.3. The maximum atomic E-state index is 12.2. The molecule has 0 heterocycles. The molecule has 4 atom stereocenters. The van der Waals surface area contributed by atoms with Crippen LogP contribution in [-0.2, 0) is 9.59 Å². The Morgan fingerprint density at radius 1 is 1.33 bits per heavy atom. The van der Waals surface area contributed by atoms with Crippen LogP contribution in [0.25, 0.3) is 0 Å². The SMILES string of the molecule is CC(O)CCN(C)C(=O)[C@H]1CC(C)C[C@H]1C(=O)O. The second kappa shape index (κ2) is 6.18. The van der Waals surface area contributed by atoms with Gasteiger partial charge in [0.25, 0.3) is 0 Å². The van der Waals surface area contributed by atoms with Gasteiger partial charge in [0.1, 0.15) is 0 Å². The van der Waals surface area contributed by atoms with Gasteiger partial charge >= 0.3 is 5.97 Å². The number of hydrogen-bond acceptors (Lipinski definition) is 3. The Bertz CT molecular complexity index is 316. The van der Waals surface area contributed by atoms with E-state index in [0.29, 0.717) is 25.8 Å². The van der Waals surface area contributed by atoms with E-state index in [-0.39, 0.29) is 11.8 Å². The molecule has 1 rings (SSSR count). The van der Waals surface area contributed by atoms with Crippen LogP contribution in [0.1, 0.15) is 33.1 Å². The third kappa shape index (κ3) is 3.70. The quantitative estimate of drug-likeness (QED) is 0.769. The first-order chi connectivity index (χ1) is 8.32. The molecule has 2 unspecified atom stereocenters. The average molecular weight is 257 g/mol. The van der Waals surface area contributed by atoms with Crippen molar-refractivity contribution in [2.45, 2.75) is 39.2 Å². The zero-order chi connectivity index (χ0) is 13.9. The predicted octanol–water partition coefficient (Wildman–Crippen LogP) is 0.963. The first kappa shape index (κ1) is 15.0. The predicted molar refractivity (Wildman–Crippen MR) is 66.9 cm³/mol. The molecule has 5 heteroatoms. The molecule has 1 fully saturated rings. The standard InChI is InChI=1S/C13H23NO4/c1-8-6-10(11(7-8)13(17)18)12(16)14(3)5-4-9(2)15/h8-11,15H,4-7H2,1-3H3,(H,17,18)/t8?,9?,10-,11+/m0/s1. The van der Waals surface area contributed by atoms with Crippen LogP contribution in [0.5, 0.6) is 0 Å². The molecule has 0 saturated heterocycles. The average Bonchev–Trinajstić information content (AvgIpc) is 2.67. The van der Waals surface area contributed by atoms with Crippen molar-refractivity contribution in [2.75, 3.05) is 13.6 Å². The van der Waals surface area contributed by atoms with Crippen molar-refractivity contribution < 1.29 is 19.8 Å². The van der Waals surface area contributed by atoms with Gasteiger partial charge in [0.2, 0.25) is 5.91 Å². The van der Waals surface area contributed by atoms with Crippen LogP contribution in [0.4, 0.5) is 0 Å². The largest absolute Gasteiger partial charge is 0.481 e. The highest BCUT2D eigenvalue weighted by Gasteiger charge is 2.42. The highest BCUT2D eigenvalue weighted by Crippen LogP contribution is 2.37. The molecule has 104 valence electrons. The fraction of sp³-hybridized carbons (Fsp3) is 0.846. The maximum Gasteiger partial charge on any atom is 0.307 e. The molecule has 0 aromatic heterocycles. The van der Waals surface area contributed by atoms with Crippen molar-refractivity contribution in [2.24, 2.45) is 17.8 Å². The van der Waals surface area contributed by atoms with Gasteiger partial charge in [-0.15, -0.1) is 0 Å². The molecular weight excluding hydrogens is 234 g/mol. The summed E-state index contributed by atoms with van der Waals surface area (Å²) in [6.07, 6.45) is 1.30. The number of carbonyl (C=O) groups excluding carboxylic acids is 1. The number of aliphatic hydroxyl groups excluding tert-OH is 1. The lowest BCUT2D eigenvalue weighted by atomic mass is 9.95. The van der Waals surface area contributed by atoms with Crippen molar-refractivity contribution in [3.63, 3.8) is 0 Å². The summed E-state index contributed by atoms with van der Waals surface area (Å²) in [6, 6.07) is 0. The smallest absolute Gasteiger partial charge is 0.307 e. The molecule has 1 aliphatic carbocycles. The first-order valence-electron chi connectivity index (χ1n) is 6.48. The van der Waals surface area contributed by atoms with E-state index in [1.54, 1.807) is 18.9 Å². The Morgan fingerprint density at radius 3 is 2.39 bits per heavy atom. The van der Waals surface area contributed by atoms with Crippen LogP contribution < -0.4 is 0 Å². The van der Waals surface area contributed by atoms with Gasteiger partial charge in [-0.2, -0.15) is 0 Å². The third-order valence-electron chi connectivity index (χ3n) is 3.69. The molecule has 0 spiro atoms. The normalized spacial score (nSPS) is 29.0. The van der Waals surface area contributed by atoms with E-state index in [9.17, 15) is 14.7 Å². The van der Waals surface area contributed by atoms with E-state index >= 15 is 0 Å². The zero-order valence-corrected chi connectivity index (χ0v) is 11.3. The Kier molecular flexibility index (Phi) is 5.14. The molecule has 0 aromatic rings. The maximum absolute atomic E-state index is 12.2. The lowest BCUT2D eigenvalue weighted by Gasteiger charge is -2.23. The Labute approximate surface area is 108 Å². The van der Waals surface area contributed by atoms with E-state index in [2.05, 4.69) is 0 Å². The number of hydrogen-bond donors (Lipinski definition) is 2. The fourth-order valence-corrected chi connectivity index (χ4v) is 2.61. The molecule has 0 bridgehead atoms. The highest BCUT2D eigenvalue weighted by molar-refractivity contribution is 5.85.